The predicted octanol–water partition coefficient (Wildman–Crippen LogP) is 5.41. The van der Waals surface area contributed by atoms with Crippen molar-refractivity contribution in [3.05, 3.63) is 58.0 Å². The van der Waals surface area contributed by atoms with Crippen LogP contribution in [-0.4, -0.2) is 36.5 Å². The third-order valence-electron chi connectivity index (χ3n) is 5.21. The van der Waals surface area contributed by atoms with Crippen LogP contribution in [0.2, 0.25) is 0 Å². The zero-order chi connectivity index (χ0) is 23.3. The number of rotatable bonds is 2. The molecule has 2 aromatic carbocycles. The van der Waals surface area contributed by atoms with Gasteiger partial charge < -0.3 is 19.5 Å². The standard InChI is InChI=1S/C19H14F6N4O3/c20-18(21,22)9-1-3-12-15(5-9)32-16-6-10(19(23,24)25)2-4-13(16)29(12)14-8-31-7-11(17(14)30)27-28-26/h1-6,11,14,17,30H,7-8H2/t11?,14-,17-/m0/s1. The van der Waals surface area contributed by atoms with E-state index in [-0.39, 0.29) is 36.1 Å². The van der Waals surface area contributed by atoms with Gasteiger partial charge in [-0.05, 0) is 41.9 Å². The molecule has 0 bridgehead atoms. The highest BCUT2D eigenvalue weighted by Crippen LogP contribution is 2.51. The van der Waals surface area contributed by atoms with Crippen molar-refractivity contribution in [3.63, 3.8) is 0 Å². The number of aliphatic hydroxyl groups is 1. The Morgan fingerprint density at radius 2 is 1.47 bits per heavy atom. The van der Waals surface area contributed by atoms with Crippen LogP contribution < -0.4 is 9.64 Å². The van der Waals surface area contributed by atoms with Crippen molar-refractivity contribution >= 4 is 11.4 Å². The first kappa shape index (κ1) is 22.1. The summed E-state index contributed by atoms with van der Waals surface area (Å²) >= 11 is 0. The number of nitrogens with zero attached hydrogens (tertiary/aromatic N) is 4. The fourth-order valence-electron chi connectivity index (χ4n) is 3.71. The van der Waals surface area contributed by atoms with Gasteiger partial charge in [-0.1, -0.05) is 5.11 Å². The molecule has 2 heterocycles. The zero-order valence-electron chi connectivity index (χ0n) is 15.9. The number of anilines is 2. The van der Waals surface area contributed by atoms with E-state index in [1.807, 2.05) is 0 Å². The van der Waals surface area contributed by atoms with Gasteiger partial charge in [-0.2, -0.15) is 26.3 Å². The van der Waals surface area contributed by atoms with Crippen molar-refractivity contribution in [2.75, 3.05) is 18.1 Å². The van der Waals surface area contributed by atoms with Crippen LogP contribution in [0.25, 0.3) is 10.4 Å². The molecule has 13 heteroatoms. The summed E-state index contributed by atoms with van der Waals surface area (Å²) < 4.78 is 90.0. The second-order valence-electron chi connectivity index (χ2n) is 7.20. The van der Waals surface area contributed by atoms with E-state index in [4.69, 9.17) is 15.0 Å². The fraction of sp³-hybridized carbons (Fsp3) is 0.368. The topological polar surface area (TPSA) is 90.7 Å². The van der Waals surface area contributed by atoms with Crippen LogP contribution in [0.15, 0.2) is 41.5 Å². The summed E-state index contributed by atoms with van der Waals surface area (Å²) in [6, 6.07) is 3.16. The number of aliphatic hydroxyl groups excluding tert-OH is 1. The van der Waals surface area contributed by atoms with Crippen LogP contribution in [0.1, 0.15) is 11.1 Å². The molecule has 1 N–H and O–H groups in total. The Hall–Kier alpha value is -3.15. The van der Waals surface area contributed by atoms with Gasteiger partial charge in [-0.3, -0.25) is 0 Å². The Balaban J connectivity index is 1.86. The summed E-state index contributed by atoms with van der Waals surface area (Å²) in [4.78, 5) is 3.99. The minimum atomic E-state index is -4.71. The third-order valence-corrected chi connectivity index (χ3v) is 5.21. The van der Waals surface area contributed by atoms with Gasteiger partial charge in [0, 0.05) is 4.91 Å². The Bertz CT molecular complexity index is 1020. The quantitative estimate of drug-likeness (QED) is 0.281. The highest BCUT2D eigenvalue weighted by molar-refractivity contribution is 5.79. The summed E-state index contributed by atoms with van der Waals surface area (Å²) in [7, 11) is 0. The van der Waals surface area contributed by atoms with Gasteiger partial charge in [-0.15, -0.1) is 0 Å². The molecule has 0 spiro atoms. The van der Waals surface area contributed by atoms with Gasteiger partial charge in [0.05, 0.1) is 53.9 Å². The van der Waals surface area contributed by atoms with Crippen LogP contribution in [0.3, 0.4) is 0 Å². The molecule has 0 aliphatic carbocycles. The molecule has 0 radical (unpaired) electrons. The van der Waals surface area contributed by atoms with Crippen LogP contribution in [-0.2, 0) is 17.1 Å². The van der Waals surface area contributed by atoms with E-state index in [0.29, 0.717) is 12.1 Å². The van der Waals surface area contributed by atoms with Gasteiger partial charge in [-0.25, -0.2) is 0 Å². The van der Waals surface area contributed by atoms with Gasteiger partial charge in [0.15, 0.2) is 11.5 Å². The van der Waals surface area contributed by atoms with Crippen molar-refractivity contribution in [1.29, 1.82) is 0 Å². The average molecular weight is 460 g/mol. The van der Waals surface area contributed by atoms with Gasteiger partial charge >= 0.3 is 12.4 Å². The van der Waals surface area contributed by atoms with Crippen LogP contribution in [0, 0.1) is 0 Å². The molecule has 7 nitrogen and oxygen atoms in total. The molecular formula is C19H14F6N4O3. The molecule has 0 amide bonds. The van der Waals surface area contributed by atoms with Gasteiger partial charge in [0.25, 0.3) is 0 Å². The molecule has 2 aliphatic heterocycles. The normalized spacial score (nSPS) is 23.0. The summed E-state index contributed by atoms with van der Waals surface area (Å²) in [6.07, 6.45) is -10.7. The zero-order valence-corrected chi connectivity index (χ0v) is 15.9. The Labute approximate surface area is 176 Å². The van der Waals surface area contributed by atoms with Crippen LogP contribution in [0.4, 0.5) is 37.7 Å². The van der Waals surface area contributed by atoms with Crippen molar-refractivity contribution in [2.45, 2.75) is 30.5 Å². The largest absolute Gasteiger partial charge is 0.453 e. The molecule has 0 saturated carbocycles. The molecule has 1 fully saturated rings. The maximum Gasteiger partial charge on any atom is 0.416 e. The molecule has 2 aromatic rings. The number of fused-ring (bicyclic) bond motifs is 2. The van der Waals surface area contributed by atoms with Crippen LogP contribution >= 0.6 is 0 Å². The second-order valence-corrected chi connectivity index (χ2v) is 7.20. The molecule has 32 heavy (non-hydrogen) atoms. The average Bonchev–Trinajstić information content (AvgIpc) is 2.72. The first-order valence-electron chi connectivity index (χ1n) is 9.20. The second kappa shape index (κ2) is 7.76. The molecule has 0 aromatic heterocycles. The molecule has 1 saturated heterocycles. The van der Waals surface area contributed by atoms with Gasteiger partial charge in [0.1, 0.15) is 0 Å². The monoisotopic (exact) mass is 460 g/mol. The number of azide groups is 1. The smallest absolute Gasteiger partial charge is 0.416 e. The van der Waals surface area contributed by atoms with E-state index < -0.39 is 41.7 Å². The minimum Gasteiger partial charge on any atom is -0.453 e. The highest BCUT2D eigenvalue weighted by atomic mass is 19.4. The summed E-state index contributed by atoms with van der Waals surface area (Å²) in [5.74, 6) is -0.686. The van der Waals surface area contributed by atoms with E-state index >= 15 is 0 Å². The lowest BCUT2D eigenvalue weighted by Crippen LogP contribution is -2.54. The lowest BCUT2D eigenvalue weighted by Gasteiger charge is -2.43. The van der Waals surface area contributed by atoms with Crippen molar-refractivity contribution < 1.29 is 40.9 Å². The fourth-order valence-corrected chi connectivity index (χ4v) is 3.71. The Morgan fingerprint density at radius 3 is 1.94 bits per heavy atom. The maximum absolute atomic E-state index is 13.2. The molecular weight excluding hydrogens is 446 g/mol. The number of hydrogen-bond acceptors (Lipinski definition) is 5. The predicted molar refractivity (Wildman–Crippen MR) is 98.6 cm³/mol. The van der Waals surface area contributed by atoms with E-state index in [0.717, 1.165) is 24.3 Å². The minimum absolute atomic E-state index is 0.0829. The first-order chi connectivity index (χ1) is 15.0. The number of alkyl halides is 6. The third kappa shape index (κ3) is 3.90. The lowest BCUT2D eigenvalue weighted by molar-refractivity contribution is -0.138. The van der Waals surface area contributed by atoms with E-state index in [1.54, 1.807) is 0 Å². The van der Waals surface area contributed by atoms with Crippen molar-refractivity contribution in [2.24, 2.45) is 5.11 Å². The highest BCUT2D eigenvalue weighted by Gasteiger charge is 2.42. The molecule has 3 atom stereocenters. The summed E-state index contributed by atoms with van der Waals surface area (Å²) in [5.41, 5.74) is 6.76. The van der Waals surface area contributed by atoms with Crippen molar-refractivity contribution in [1.82, 2.24) is 0 Å². The SMILES string of the molecule is [N-]=[N+]=NC1COC[C@H](N2c3ccc(C(F)(F)F)cc3Oc3cc(C(F)(F)F)ccc32)[C@H]1O. The summed E-state index contributed by atoms with van der Waals surface area (Å²) in [5, 5.41) is 14.2. The Kier molecular flexibility index (Phi) is 5.35. The number of hydrogen-bond donors (Lipinski definition) is 1. The molecule has 1 unspecified atom stereocenters. The number of benzene rings is 2. The summed E-state index contributed by atoms with van der Waals surface area (Å²) in [6.45, 7) is -0.217. The van der Waals surface area contributed by atoms with Gasteiger partial charge in [0.2, 0.25) is 0 Å². The molecule has 170 valence electrons. The van der Waals surface area contributed by atoms with Crippen LogP contribution in [0.5, 0.6) is 11.5 Å². The number of halogens is 6. The lowest BCUT2D eigenvalue weighted by atomic mass is 9.97. The molecule has 4 rings (SSSR count). The molecule has 2 aliphatic rings. The Morgan fingerprint density at radius 1 is 0.938 bits per heavy atom. The van der Waals surface area contributed by atoms with E-state index in [2.05, 4.69) is 10.0 Å². The first-order valence-corrected chi connectivity index (χ1v) is 9.20. The maximum atomic E-state index is 13.2. The van der Waals surface area contributed by atoms with Crippen molar-refractivity contribution in [3.8, 4) is 11.5 Å². The van der Waals surface area contributed by atoms with E-state index in [9.17, 15) is 31.4 Å². The van der Waals surface area contributed by atoms with E-state index in [1.165, 1.54) is 4.90 Å². The number of ether oxygens (including phenoxy) is 2.